The third-order valence-electron chi connectivity index (χ3n) is 6.89. The van der Waals surface area contributed by atoms with Gasteiger partial charge in [0, 0.05) is 19.5 Å². The number of nitro groups is 1. The highest BCUT2D eigenvalue weighted by molar-refractivity contribution is 5.82. The minimum Gasteiger partial charge on any atom is -0.480 e. The molecule has 0 aromatic heterocycles. The lowest BCUT2D eigenvalue weighted by Crippen LogP contribution is -2.36. The molecule has 1 aliphatic heterocycles. The molecule has 8 nitrogen and oxygen atoms in total. The van der Waals surface area contributed by atoms with Crippen LogP contribution in [0.4, 0.5) is 25.8 Å². The van der Waals surface area contributed by atoms with Gasteiger partial charge in [-0.25, -0.2) is 13.6 Å². The molecule has 1 aliphatic rings. The average molecular weight is 505 g/mol. The van der Waals surface area contributed by atoms with E-state index in [-0.39, 0.29) is 24.1 Å². The van der Waals surface area contributed by atoms with E-state index < -0.39 is 39.9 Å². The Bertz CT molecular complexity index is 1060. The van der Waals surface area contributed by atoms with Crippen LogP contribution in [0, 0.1) is 27.7 Å². The van der Waals surface area contributed by atoms with Crippen molar-refractivity contribution in [2.24, 2.45) is 11.7 Å². The van der Waals surface area contributed by atoms with Crippen molar-refractivity contribution in [2.45, 2.75) is 57.9 Å². The van der Waals surface area contributed by atoms with Crippen molar-refractivity contribution in [2.75, 3.05) is 29.9 Å². The number of aliphatic carboxylic acids is 1. The van der Waals surface area contributed by atoms with Crippen LogP contribution in [0.5, 0.6) is 0 Å². The predicted molar refractivity (Wildman–Crippen MR) is 135 cm³/mol. The molecule has 0 amide bonds. The van der Waals surface area contributed by atoms with Crippen LogP contribution in [-0.4, -0.2) is 41.7 Å². The van der Waals surface area contributed by atoms with E-state index in [1.54, 1.807) is 35.2 Å². The Hall–Kier alpha value is -3.27. The van der Waals surface area contributed by atoms with Crippen LogP contribution in [0.3, 0.4) is 0 Å². The molecule has 196 valence electrons. The number of benzene rings is 2. The minimum absolute atomic E-state index is 0.0108. The normalized spacial score (nSPS) is 15.1. The molecule has 1 heterocycles. The summed E-state index contributed by atoms with van der Waals surface area (Å²) < 4.78 is 31.8. The van der Waals surface area contributed by atoms with Crippen molar-refractivity contribution < 1.29 is 23.6 Å². The van der Waals surface area contributed by atoms with Crippen LogP contribution in [-0.2, 0) is 17.6 Å². The molecule has 36 heavy (non-hydrogen) atoms. The molecule has 0 radical (unpaired) electrons. The van der Waals surface area contributed by atoms with Gasteiger partial charge in [-0.2, -0.15) is 0 Å². The van der Waals surface area contributed by atoms with Crippen molar-refractivity contribution >= 4 is 23.0 Å². The van der Waals surface area contributed by atoms with Crippen molar-refractivity contribution in [1.82, 2.24) is 0 Å². The van der Waals surface area contributed by atoms with Crippen LogP contribution in [0.2, 0.25) is 0 Å². The zero-order chi connectivity index (χ0) is 26.2. The number of piperidine rings is 1. The maximum atomic E-state index is 16.0. The highest BCUT2D eigenvalue weighted by atomic mass is 19.1. The number of halogens is 2. The van der Waals surface area contributed by atoms with Crippen LogP contribution in [0.1, 0.15) is 50.2 Å². The Balaban J connectivity index is 2.11. The Labute approximate surface area is 209 Å². The Morgan fingerprint density at radius 3 is 2.44 bits per heavy atom. The number of anilines is 2. The molecule has 0 saturated carbocycles. The van der Waals surface area contributed by atoms with E-state index in [0.717, 1.165) is 19.3 Å². The van der Waals surface area contributed by atoms with Crippen molar-refractivity contribution in [3.63, 3.8) is 0 Å². The van der Waals surface area contributed by atoms with Gasteiger partial charge in [0.2, 0.25) is 0 Å². The summed E-state index contributed by atoms with van der Waals surface area (Å²) in [5.41, 5.74) is 4.32. The highest BCUT2D eigenvalue weighted by Crippen LogP contribution is 2.43. The zero-order valence-corrected chi connectivity index (χ0v) is 20.5. The standard InChI is InChI=1S/C26H34F2N4O4/c1-2-17-11-14-31(15-12-17)25-21(27)19(10-6-7-13-29)24(32(35)36)23(22(25)28)30-20(26(33)34)16-18-8-4-3-5-9-18/h3-5,8-9,17,20,30H,2,6-7,10-16,29H2,1H3,(H,33,34)/t20-/m0/s1. The molecular formula is C26H34F2N4O4. The number of nitrogens with one attached hydrogen (secondary N) is 1. The molecule has 2 aromatic carbocycles. The van der Waals surface area contributed by atoms with E-state index in [4.69, 9.17) is 5.73 Å². The van der Waals surface area contributed by atoms with Gasteiger partial charge in [0.1, 0.15) is 11.7 Å². The summed E-state index contributed by atoms with van der Waals surface area (Å²) in [4.78, 5) is 24.9. The number of hydrogen-bond acceptors (Lipinski definition) is 6. The van der Waals surface area contributed by atoms with E-state index in [2.05, 4.69) is 12.2 Å². The van der Waals surface area contributed by atoms with E-state index in [1.165, 1.54) is 0 Å². The van der Waals surface area contributed by atoms with Gasteiger partial charge in [0.25, 0.3) is 0 Å². The lowest BCUT2D eigenvalue weighted by molar-refractivity contribution is -0.385. The van der Waals surface area contributed by atoms with Gasteiger partial charge in [0.05, 0.1) is 10.5 Å². The second-order valence-corrected chi connectivity index (χ2v) is 9.25. The quantitative estimate of drug-likeness (QED) is 0.214. The van der Waals surface area contributed by atoms with Gasteiger partial charge in [-0.3, -0.25) is 10.1 Å². The van der Waals surface area contributed by atoms with Crippen molar-refractivity contribution in [3.05, 3.63) is 63.2 Å². The van der Waals surface area contributed by atoms with Crippen LogP contribution in [0.25, 0.3) is 0 Å². The molecule has 1 atom stereocenters. The van der Waals surface area contributed by atoms with Gasteiger partial charge >= 0.3 is 11.7 Å². The number of carboxylic acid groups (broad SMARTS) is 1. The van der Waals surface area contributed by atoms with Crippen LogP contribution in [0.15, 0.2) is 30.3 Å². The number of unbranched alkanes of at least 4 members (excludes halogenated alkanes) is 1. The second kappa shape index (κ2) is 12.6. The molecule has 1 fully saturated rings. The van der Waals surface area contributed by atoms with Crippen molar-refractivity contribution in [1.29, 1.82) is 0 Å². The average Bonchev–Trinajstić information content (AvgIpc) is 2.86. The van der Waals surface area contributed by atoms with Crippen molar-refractivity contribution in [3.8, 4) is 0 Å². The fourth-order valence-electron chi connectivity index (χ4n) is 4.79. The van der Waals surface area contributed by atoms with Gasteiger partial charge in [-0.15, -0.1) is 0 Å². The monoisotopic (exact) mass is 504 g/mol. The van der Waals surface area contributed by atoms with Gasteiger partial charge in [-0.1, -0.05) is 43.7 Å². The Morgan fingerprint density at radius 1 is 1.22 bits per heavy atom. The van der Waals surface area contributed by atoms with E-state index in [0.29, 0.717) is 44.0 Å². The molecule has 1 saturated heterocycles. The summed E-state index contributed by atoms with van der Waals surface area (Å²) in [5, 5.41) is 24.5. The third-order valence-corrected chi connectivity index (χ3v) is 6.89. The van der Waals surface area contributed by atoms with E-state index in [1.807, 2.05) is 0 Å². The number of carbonyl (C=O) groups is 1. The molecule has 3 rings (SSSR count). The first-order chi connectivity index (χ1) is 17.3. The highest BCUT2D eigenvalue weighted by Gasteiger charge is 2.36. The topological polar surface area (TPSA) is 122 Å². The first kappa shape index (κ1) is 27.3. The number of hydrogen-bond donors (Lipinski definition) is 3. The first-order valence-corrected chi connectivity index (χ1v) is 12.4. The zero-order valence-electron chi connectivity index (χ0n) is 20.5. The number of carboxylic acids is 1. The Kier molecular flexibility index (Phi) is 9.58. The maximum Gasteiger partial charge on any atom is 0.326 e. The van der Waals surface area contributed by atoms with Gasteiger partial charge < -0.3 is 21.1 Å². The molecule has 0 bridgehead atoms. The minimum atomic E-state index is -1.36. The molecule has 2 aromatic rings. The second-order valence-electron chi connectivity index (χ2n) is 9.25. The largest absolute Gasteiger partial charge is 0.480 e. The summed E-state index contributed by atoms with van der Waals surface area (Å²) in [5.74, 6) is -2.93. The summed E-state index contributed by atoms with van der Waals surface area (Å²) in [6.07, 6.45) is 3.32. The summed E-state index contributed by atoms with van der Waals surface area (Å²) in [7, 11) is 0. The molecule has 0 spiro atoms. The first-order valence-electron chi connectivity index (χ1n) is 12.4. The van der Waals surface area contributed by atoms with Gasteiger partial charge in [-0.05, 0) is 50.1 Å². The van der Waals surface area contributed by atoms with Crippen LogP contribution < -0.4 is 16.0 Å². The summed E-state index contributed by atoms with van der Waals surface area (Å²) >= 11 is 0. The van der Waals surface area contributed by atoms with E-state index >= 15 is 8.78 Å². The number of rotatable bonds is 12. The number of nitrogens with two attached hydrogens (primary N) is 1. The van der Waals surface area contributed by atoms with E-state index in [9.17, 15) is 20.0 Å². The fourth-order valence-corrected chi connectivity index (χ4v) is 4.79. The fraction of sp³-hybridized carbons (Fsp3) is 0.500. The lowest BCUT2D eigenvalue weighted by Gasteiger charge is -2.34. The smallest absolute Gasteiger partial charge is 0.326 e. The third kappa shape index (κ3) is 6.29. The van der Waals surface area contributed by atoms with Gasteiger partial charge in [0.15, 0.2) is 17.3 Å². The number of nitro benzene ring substituents is 1. The molecule has 4 N–H and O–H groups in total. The van der Waals surface area contributed by atoms with Crippen LogP contribution >= 0.6 is 0 Å². The molecule has 10 heteroatoms. The maximum absolute atomic E-state index is 16.0. The SMILES string of the molecule is CCC1CCN(c2c(F)c(CCCCN)c([N+](=O)[O-])c(N[C@@H](Cc3ccccc3)C(=O)O)c2F)CC1. The molecule has 0 aliphatic carbocycles. The molecular weight excluding hydrogens is 470 g/mol. The summed E-state index contributed by atoms with van der Waals surface area (Å²) in [6.45, 7) is 3.23. The number of nitrogens with zero attached hydrogens (tertiary/aromatic N) is 2. The summed E-state index contributed by atoms with van der Waals surface area (Å²) in [6, 6.07) is 7.33. The molecule has 0 unspecified atom stereocenters. The lowest BCUT2D eigenvalue weighted by atomic mass is 9.93. The Morgan fingerprint density at radius 2 is 1.89 bits per heavy atom. The predicted octanol–water partition coefficient (Wildman–Crippen LogP) is 4.89.